The minimum absolute atomic E-state index is 0.121. The second-order valence-corrected chi connectivity index (χ2v) is 7.13. The zero-order chi connectivity index (χ0) is 20.6. The molecule has 0 fully saturated rings. The van der Waals surface area contributed by atoms with E-state index in [1.54, 1.807) is 6.07 Å². The van der Waals surface area contributed by atoms with Crippen LogP contribution in [-0.4, -0.2) is 33.6 Å². The number of ether oxygens (including phenoxy) is 1. The number of H-pyrrole nitrogens is 1. The zero-order valence-corrected chi connectivity index (χ0v) is 17.5. The number of aromatic amines is 1. The van der Waals surface area contributed by atoms with Crippen molar-refractivity contribution >= 4 is 46.2 Å². The fraction of sp³-hybridized carbons (Fsp3) is 0.111. The molecule has 150 valence electrons. The van der Waals surface area contributed by atoms with Gasteiger partial charge in [0.25, 0.3) is 11.9 Å². The number of anilines is 1. The molecule has 0 unspecified atom stereocenters. The van der Waals surface area contributed by atoms with Gasteiger partial charge in [-0.1, -0.05) is 46.3 Å². The fourth-order valence-corrected chi connectivity index (χ4v) is 2.80. The third kappa shape index (κ3) is 5.90. The third-order valence-corrected chi connectivity index (χ3v) is 4.52. The Morgan fingerprint density at radius 1 is 1.34 bits per heavy atom. The normalized spacial score (nSPS) is 10.8. The SMILES string of the molecule is Nn1c(N/N=C\c2cc(Br)ccc2OCC(=O)NCc2ccccc2)n[nH]c1=S. The van der Waals surface area contributed by atoms with Gasteiger partial charge in [0.2, 0.25) is 4.77 Å². The molecule has 2 aromatic carbocycles. The van der Waals surface area contributed by atoms with Gasteiger partial charge in [-0.05, 0) is 36.0 Å². The molecule has 0 atom stereocenters. The number of hydrogen-bond donors (Lipinski definition) is 4. The Labute approximate surface area is 180 Å². The number of benzene rings is 2. The molecule has 1 aromatic heterocycles. The van der Waals surface area contributed by atoms with Crippen molar-refractivity contribution in [3.63, 3.8) is 0 Å². The summed E-state index contributed by atoms with van der Waals surface area (Å²) in [6.07, 6.45) is 1.53. The highest BCUT2D eigenvalue weighted by molar-refractivity contribution is 9.10. The van der Waals surface area contributed by atoms with Gasteiger partial charge in [-0.25, -0.2) is 10.5 Å². The molecular weight excluding hydrogens is 458 g/mol. The lowest BCUT2D eigenvalue weighted by Gasteiger charge is -2.10. The Morgan fingerprint density at radius 3 is 2.86 bits per heavy atom. The number of nitrogens with two attached hydrogens (primary N) is 1. The van der Waals surface area contributed by atoms with Gasteiger partial charge < -0.3 is 15.9 Å². The van der Waals surface area contributed by atoms with Gasteiger partial charge >= 0.3 is 0 Å². The second kappa shape index (κ2) is 9.85. The molecule has 0 saturated heterocycles. The topological polar surface area (TPSA) is 122 Å². The van der Waals surface area contributed by atoms with Crippen molar-refractivity contribution in [1.82, 2.24) is 20.2 Å². The molecule has 0 bridgehead atoms. The van der Waals surface area contributed by atoms with Crippen LogP contribution in [0.15, 0.2) is 58.1 Å². The Bertz CT molecular complexity index is 1070. The number of hydrazone groups is 1. The highest BCUT2D eigenvalue weighted by Crippen LogP contribution is 2.22. The summed E-state index contributed by atoms with van der Waals surface area (Å²) < 4.78 is 7.90. The van der Waals surface area contributed by atoms with E-state index in [2.05, 4.69) is 42.0 Å². The Balaban J connectivity index is 1.59. The van der Waals surface area contributed by atoms with Gasteiger partial charge in [-0.15, -0.1) is 5.10 Å². The number of rotatable bonds is 8. The van der Waals surface area contributed by atoms with Crippen LogP contribution in [0.4, 0.5) is 5.95 Å². The van der Waals surface area contributed by atoms with Crippen LogP contribution in [0.2, 0.25) is 0 Å². The lowest BCUT2D eigenvalue weighted by Crippen LogP contribution is -2.28. The molecule has 1 heterocycles. The van der Waals surface area contributed by atoms with Gasteiger partial charge in [-0.3, -0.25) is 4.79 Å². The van der Waals surface area contributed by atoms with Crippen LogP contribution in [-0.2, 0) is 11.3 Å². The van der Waals surface area contributed by atoms with E-state index in [4.69, 9.17) is 22.8 Å². The molecule has 0 radical (unpaired) electrons. The van der Waals surface area contributed by atoms with E-state index in [1.165, 1.54) is 6.21 Å². The van der Waals surface area contributed by atoms with Crippen LogP contribution < -0.4 is 21.3 Å². The van der Waals surface area contributed by atoms with Gasteiger partial charge in [0.15, 0.2) is 6.61 Å². The summed E-state index contributed by atoms with van der Waals surface area (Å²) >= 11 is 8.34. The van der Waals surface area contributed by atoms with Crippen molar-refractivity contribution in [3.05, 3.63) is 68.9 Å². The van der Waals surface area contributed by atoms with Crippen LogP contribution in [0.5, 0.6) is 5.75 Å². The molecule has 3 rings (SSSR count). The quantitative estimate of drug-likeness (QED) is 0.172. The van der Waals surface area contributed by atoms with Crippen molar-refractivity contribution < 1.29 is 9.53 Å². The molecule has 3 aromatic rings. The molecule has 0 aliphatic heterocycles. The number of nitrogens with zero attached hydrogens (tertiary/aromatic N) is 3. The Hall–Kier alpha value is -3.18. The van der Waals surface area contributed by atoms with E-state index < -0.39 is 0 Å². The van der Waals surface area contributed by atoms with E-state index in [1.807, 2.05) is 42.5 Å². The second-order valence-electron chi connectivity index (χ2n) is 5.83. The predicted molar refractivity (Wildman–Crippen MR) is 117 cm³/mol. The van der Waals surface area contributed by atoms with Crippen LogP contribution in [0, 0.1) is 4.77 Å². The van der Waals surface area contributed by atoms with Gasteiger partial charge in [-0.2, -0.15) is 9.78 Å². The van der Waals surface area contributed by atoms with Crippen molar-refractivity contribution in [3.8, 4) is 5.75 Å². The standard InChI is InChI=1S/C18H18BrN7O2S/c19-14-6-7-15(28-11-16(27)21-9-12-4-2-1-3-5-12)13(8-14)10-22-23-17-24-25-18(29)26(17)20/h1-8,10H,9,11,20H2,(H,21,27)(H,23,24)(H,25,29)/b22-10-. The maximum atomic E-state index is 12.1. The first-order valence-electron chi connectivity index (χ1n) is 8.47. The average molecular weight is 476 g/mol. The van der Waals surface area contributed by atoms with Gasteiger partial charge in [0.1, 0.15) is 5.75 Å². The van der Waals surface area contributed by atoms with Crippen LogP contribution in [0.1, 0.15) is 11.1 Å². The molecule has 5 N–H and O–H groups in total. The minimum Gasteiger partial charge on any atom is -0.483 e. The average Bonchev–Trinajstić information content (AvgIpc) is 3.04. The first-order valence-corrected chi connectivity index (χ1v) is 9.67. The van der Waals surface area contributed by atoms with Crippen molar-refractivity contribution in [1.29, 1.82) is 0 Å². The summed E-state index contributed by atoms with van der Waals surface area (Å²) in [5.74, 6) is 6.22. The predicted octanol–water partition coefficient (Wildman–Crippen LogP) is 2.56. The Kier molecular flexibility index (Phi) is 6.98. The highest BCUT2D eigenvalue weighted by atomic mass is 79.9. The van der Waals surface area contributed by atoms with E-state index in [-0.39, 0.29) is 23.2 Å². The molecule has 0 saturated carbocycles. The molecule has 0 aliphatic rings. The smallest absolute Gasteiger partial charge is 0.262 e. The number of carbonyl (C=O) groups is 1. The number of halogens is 1. The van der Waals surface area contributed by atoms with E-state index in [0.717, 1.165) is 14.7 Å². The van der Waals surface area contributed by atoms with Crippen molar-refractivity contribution in [2.45, 2.75) is 6.54 Å². The number of aromatic nitrogens is 3. The number of nitrogen functional groups attached to an aromatic ring is 1. The van der Waals surface area contributed by atoms with Crippen molar-refractivity contribution in [2.75, 3.05) is 17.9 Å². The molecule has 1 amide bonds. The minimum atomic E-state index is -0.226. The summed E-state index contributed by atoms with van der Waals surface area (Å²) in [4.78, 5) is 12.1. The maximum Gasteiger partial charge on any atom is 0.262 e. The summed E-state index contributed by atoms with van der Waals surface area (Å²) in [7, 11) is 0. The monoisotopic (exact) mass is 475 g/mol. The first kappa shape index (κ1) is 20.6. The summed E-state index contributed by atoms with van der Waals surface area (Å²) in [6.45, 7) is 0.319. The largest absolute Gasteiger partial charge is 0.483 e. The molecule has 29 heavy (non-hydrogen) atoms. The van der Waals surface area contributed by atoms with Crippen LogP contribution in [0.25, 0.3) is 0 Å². The molecule has 0 aliphatic carbocycles. The zero-order valence-electron chi connectivity index (χ0n) is 15.1. The van der Waals surface area contributed by atoms with E-state index in [9.17, 15) is 4.79 Å². The summed E-state index contributed by atoms with van der Waals surface area (Å²) in [5, 5.41) is 13.3. The third-order valence-electron chi connectivity index (χ3n) is 3.74. The highest BCUT2D eigenvalue weighted by Gasteiger charge is 2.07. The van der Waals surface area contributed by atoms with E-state index in [0.29, 0.717) is 17.9 Å². The first-order chi connectivity index (χ1) is 14.0. The lowest BCUT2D eigenvalue weighted by molar-refractivity contribution is -0.123. The Morgan fingerprint density at radius 2 is 2.14 bits per heavy atom. The van der Waals surface area contributed by atoms with E-state index >= 15 is 0 Å². The molecule has 9 nitrogen and oxygen atoms in total. The molecule has 0 spiro atoms. The van der Waals surface area contributed by atoms with Gasteiger partial charge in [0.05, 0.1) is 6.21 Å². The van der Waals surface area contributed by atoms with Crippen LogP contribution in [0.3, 0.4) is 0 Å². The lowest BCUT2D eigenvalue weighted by atomic mass is 10.2. The summed E-state index contributed by atoms with van der Waals surface area (Å²) in [6, 6.07) is 15.0. The van der Waals surface area contributed by atoms with Crippen molar-refractivity contribution in [2.24, 2.45) is 5.10 Å². The number of carbonyl (C=O) groups excluding carboxylic acids is 1. The molecular formula is C18H18BrN7O2S. The van der Waals surface area contributed by atoms with Crippen LogP contribution >= 0.6 is 28.1 Å². The summed E-state index contributed by atoms with van der Waals surface area (Å²) in [5.41, 5.74) is 4.35. The number of hydrogen-bond acceptors (Lipinski definition) is 7. The van der Waals surface area contributed by atoms with Gasteiger partial charge in [0, 0.05) is 16.6 Å². The number of nitrogens with one attached hydrogen (secondary N) is 3. The maximum absolute atomic E-state index is 12.1. The molecule has 11 heteroatoms. The number of amides is 1. The fourth-order valence-electron chi connectivity index (χ4n) is 2.29.